The van der Waals surface area contributed by atoms with E-state index in [1.165, 1.54) is 32.3 Å². The lowest BCUT2D eigenvalue weighted by molar-refractivity contribution is -0.274. The van der Waals surface area contributed by atoms with Crippen LogP contribution in [0.2, 0.25) is 0 Å². The molecular formula is C15H16F3N3O3S. The summed E-state index contributed by atoms with van der Waals surface area (Å²) in [4.78, 5) is 3.99. The first-order valence-corrected chi connectivity index (χ1v) is 8.49. The van der Waals surface area contributed by atoms with E-state index in [2.05, 4.69) is 15.0 Å². The molecule has 1 aromatic heterocycles. The topological polar surface area (TPSA) is 71.5 Å². The number of aromatic nitrogens is 1. The first kappa shape index (κ1) is 19.0. The highest BCUT2D eigenvalue weighted by molar-refractivity contribution is 7.89. The van der Waals surface area contributed by atoms with Crippen LogP contribution in [0.3, 0.4) is 0 Å². The van der Waals surface area contributed by atoms with Crippen molar-refractivity contribution in [2.45, 2.75) is 17.8 Å². The largest absolute Gasteiger partial charge is 0.573 e. The zero-order chi connectivity index (χ0) is 18.7. The fourth-order valence-electron chi connectivity index (χ4n) is 1.86. The Morgan fingerprint density at radius 1 is 1.12 bits per heavy atom. The van der Waals surface area contributed by atoms with Gasteiger partial charge in [0.15, 0.2) is 0 Å². The van der Waals surface area contributed by atoms with E-state index in [9.17, 15) is 21.6 Å². The monoisotopic (exact) mass is 375 g/mol. The fraction of sp³-hybridized carbons (Fsp3) is 0.267. The molecule has 25 heavy (non-hydrogen) atoms. The van der Waals surface area contributed by atoms with Crippen molar-refractivity contribution in [1.29, 1.82) is 0 Å². The van der Waals surface area contributed by atoms with Crippen LogP contribution in [0.1, 0.15) is 5.56 Å². The van der Waals surface area contributed by atoms with Crippen molar-refractivity contribution < 1.29 is 26.3 Å². The number of nitrogens with one attached hydrogen (secondary N) is 1. The molecule has 10 heteroatoms. The Hall–Kier alpha value is -2.33. The Morgan fingerprint density at radius 3 is 2.24 bits per heavy atom. The van der Waals surface area contributed by atoms with Crippen LogP contribution in [0.4, 0.5) is 19.0 Å². The number of alkyl halides is 3. The Balaban J connectivity index is 1.98. The van der Waals surface area contributed by atoms with Crippen molar-refractivity contribution in [2.24, 2.45) is 0 Å². The summed E-state index contributed by atoms with van der Waals surface area (Å²) in [5.74, 6) is -0.0455. The number of rotatable bonds is 6. The molecule has 0 radical (unpaired) electrons. The normalized spacial score (nSPS) is 12.2. The third-order valence-corrected chi connectivity index (χ3v) is 4.97. The molecule has 0 unspecified atom stereocenters. The Bertz CT molecular complexity index is 805. The maximum Gasteiger partial charge on any atom is 0.573 e. The smallest absolute Gasteiger partial charge is 0.404 e. The average Bonchev–Trinajstić information content (AvgIpc) is 2.53. The maximum absolute atomic E-state index is 12.1. The summed E-state index contributed by atoms with van der Waals surface area (Å²) < 4.78 is 65.0. The molecule has 1 heterocycles. The van der Waals surface area contributed by atoms with E-state index in [4.69, 9.17) is 0 Å². The van der Waals surface area contributed by atoms with Gasteiger partial charge in [-0.15, -0.1) is 13.2 Å². The third kappa shape index (κ3) is 5.33. The molecule has 0 aliphatic heterocycles. The minimum atomic E-state index is -4.76. The molecule has 2 aromatic rings. The lowest BCUT2D eigenvalue weighted by atomic mass is 10.2. The van der Waals surface area contributed by atoms with Crippen LogP contribution < -0.4 is 10.1 Å². The summed E-state index contributed by atoms with van der Waals surface area (Å²) in [5.41, 5.74) is 0.787. The quantitative estimate of drug-likeness (QED) is 0.841. The van der Waals surface area contributed by atoms with E-state index in [0.29, 0.717) is 12.4 Å². The van der Waals surface area contributed by atoms with Gasteiger partial charge >= 0.3 is 6.36 Å². The van der Waals surface area contributed by atoms with Crippen LogP contribution in [-0.2, 0) is 16.6 Å². The molecule has 136 valence electrons. The standard InChI is InChI=1S/C15H16F3N3O3S/c1-21(2)25(22,23)13-6-3-11(4-7-13)9-19-14-8-5-12(10-20-14)24-15(16,17)18/h3-8,10H,9H2,1-2H3,(H,19,20). The lowest BCUT2D eigenvalue weighted by Gasteiger charge is -2.12. The van der Waals surface area contributed by atoms with Crippen LogP contribution in [0.15, 0.2) is 47.5 Å². The molecule has 0 saturated heterocycles. The second-order valence-electron chi connectivity index (χ2n) is 5.21. The highest BCUT2D eigenvalue weighted by Gasteiger charge is 2.31. The molecule has 0 bridgehead atoms. The minimum absolute atomic E-state index is 0.174. The summed E-state index contributed by atoms with van der Waals surface area (Å²) in [6.45, 7) is 0.328. The van der Waals surface area contributed by atoms with Gasteiger partial charge in [0.25, 0.3) is 0 Å². The molecule has 0 amide bonds. The van der Waals surface area contributed by atoms with Gasteiger partial charge in [-0.25, -0.2) is 17.7 Å². The van der Waals surface area contributed by atoms with E-state index in [1.807, 2.05) is 0 Å². The Morgan fingerprint density at radius 2 is 1.76 bits per heavy atom. The minimum Gasteiger partial charge on any atom is -0.404 e. The predicted molar refractivity (Wildman–Crippen MR) is 85.6 cm³/mol. The number of hydrogen-bond donors (Lipinski definition) is 1. The summed E-state index contributed by atoms with van der Waals surface area (Å²) >= 11 is 0. The van der Waals surface area contributed by atoms with Crippen molar-refractivity contribution in [2.75, 3.05) is 19.4 Å². The molecule has 0 atom stereocenters. The predicted octanol–water partition coefficient (Wildman–Crippen LogP) is 2.84. The van der Waals surface area contributed by atoms with Gasteiger partial charge in [0, 0.05) is 20.6 Å². The SMILES string of the molecule is CN(C)S(=O)(=O)c1ccc(CNc2ccc(OC(F)(F)F)cn2)cc1. The van der Waals surface area contributed by atoms with Crippen molar-refractivity contribution >= 4 is 15.8 Å². The highest BCUT2D eigenvalue weighted by Crippen LogP contribution is 2.22. The Labute approximate surface area is 143 Å². The molecule has 0 aliphatic carbocycles. The molecular weight excluding hydrogens is 359 g/mol. The zero-order valence-corrected chi connectivity index (χ0v) is 14.2. The molecule has 1 N–H and O–H groups in total. The van der Waals surface area contributed by atoms with Crippen LogP contribution in [-0.4, -0.2) is 38.2 Å². The number of benzene rings is 1. The Kier molecular flexibility index (Phi) is 5.53. The number of anilines is 1. The molecule has 0 saturated carbocycles. The van der Waals surface area contributed by atoms with E-state index in [-0.39, 0.29) is 4.90 Å². The van der Waals surface area contributed by atoms with Gasteiger partial charge in [0.1, 0.15) is 11.6 Å². The van der Waals surface area contributed by atoms with Crippen LogP contribution in [0.25, 0.3) is 0 Å². The van der Waals surface area contributed by atoms with Crippen molar-refractivity contribution in [1.82, 2.24) is 9.29 Å². The van der Waals surface area contributed by atoms with E-state index in [1.54, 1.807) is 12.1 Å². The fourth-order valence-corrected chi connectivity index (χ4v) is 2.76. The molecule has 6 nitrogen and oxygen atoms in total. The van der Waals surface area contributed by atoms with Crippen LogP contribution in [0, 0.1) is 0 Å². The molecule has 1 aromatic carbocycles. The van der Waals surface area contributed by atoms with E-state index >= 15 is 0 Å². The summed E-state index contributed by atoms with van der Waals surface area (Å²) in [6.07, 6.45) is -3.80. The van der Waals surface area contributed by atoms with Crippen molar-refractivity contribution in [3.8, 4) is 5.75 Å². The van der Waals surface area contributed by atoms with Crippen molar-refractivity contribution in [3.05, 3.63) is 48.2 Å². The van der Waals surface area contributed by atoms with Gasteiger partial charge in [0.2, 0.25) is 10.0 Å². The van der Waals surface area contributed by atoms with Crippen molar-refractivity contribution in [3.63, 3.8) is 0 Å². The maximum atomic E-state index is 12.1. The van der Waals surface area contributed by atoms with Gasteiger partial charge in [-0.3, -0.25) is 0 Å². The number of sulfonamides is 1. The van der Waals surface area contributed by atoms with E-state index < -0.39 is 22.1 Å². The van der Waals surface area contributed by atoms with E-state index in [0.717, 1.165) is 22.1 Å². The van der Waals surface area contributed by atoms with Crippen LogP contribution >= 0.6 is 0 Å². The highest BCUT2D eigenvalue weighted by atomic mass is 32.2. The van der Waals surface area contributed by atoms with Gasteiger partial charge in [0.05, 0.1) is 11.1 Å². The molecule has 0 fully saturated rings. The zero-order valence-electron chi connectivity index (χ0n) is 13.4. The number of ether oxygens (including phenoxy) is 1. The van der Waals surface area contributed by atoms with Gasteiger partial charge in [-0.2, -0.15) is 0 Å². The van der Waals surface area contributed by atoms with Gasteiger partial charge in [-0.1, -0.05) is 12.1 Å². The second-order valence-corrected chi connectivity index (χ2v) is 7.36. The number of pyridine rings is 1. The number of nitrogens with zero attached hydrogens (tertiary/aromatic N) is 2. The first-order chi connectivity index (χ1) is 11.6. The summed E-state index contributed by atoms with van der Waals surface area (Å²) in [5, 5.41) is 2.92. The lowest BCUT2D eigenvalue weighted by Crippen LogP contribution is -2.22. The second kappa shape index (κ2) is 7.28. The van der Waals surface area contributed by atoms with Crippen LogP contribution in [0.5, 0.6) is 5.75 Å². The number of halogens is 3. The number of hydrogen-bond acceptors (Lipinski definition) is 5. The first-order valence-electron chi connectivity index (χ1n) is 7.05. The average molecular weight is 375 g/mol. The molecule has 0 aliphatic rings. The summed E-state index contributed by atoms with van der Waals surface area (Å²) in [6, 6.07) is 8.76. The molecule has 2 rings (SSSR count). The molecule has 0 spiro atoms. The third-order valence-electron chi connectivity index (χ3n) is 3.15. The van der Waals surface area contributed by atoms with Gasteiger partial charge < -0.3 is 10.1 Å². The summed E-state index contributed by atoms with van der Waals surface area (Å²) in [7, 11) is -0.592. The van der Waals surface area contributed by atoms with Gasteiger partial charge in [-0.05, 0) is 29.8 Å².